The molecule has 0 bridgehead atoms. The second-order valence-electron chi connectivity index (χ2n) is 4.45. The van der Waals surface area contributed by atoms with Gasteiger partial charge in [0.15, 0.2) is 0 Å². The van der Waals surface area contributed by atoms with Crippen LogP contribution in [-0.4, -0.2) is 18.1 Å². The van der Waals surface area contributed by atoms with Crippen molar-refractivity contribution in [3.63, 3.8) is 0 Å². The van der Waals surface area contributed by atoms with Crippen molar-refractivity contribution in [3.05, 3.63) is 46.6 Å². The van der Waals surface area contributed by atoms with Crippen LogP contribution in [0.4, 0.5) is 11.5 Å². The Labute approximate surface area is 120 Å². The number of pyridine rings is 1. The van der Waals surface area contributed by atoms with Gasteiger partial charge >= 0.3 is 0 Å². The van der Waals surface area contributed by atoms with Crippen LogP contribution in [0.3, 0.4) is 0 Å². The molecule has 0 amide bonds. The summed E-state index contributed by atoms with van der Waals surface area (Å²) in [6, 6.07) is 9.98. The maximum absolute atomic E-state index is 5.75. The van der Waals surface area contributed by atoms with Gasteiger partial charge in [0, 0.05) is 12.1 Å². The van der Waals surface area contributed by atoms with Crippen LogP contribution < -0.4 is 15.4 Å². The van der Waals surface area contributed by atoms with Gasteiger partial charge < -0.3 is 15.4 Å². The number of aromatic nitrogens is 1. The van der Waals surface area contributed by atoms with Crippen molar-refractivity contribution in [1.82, 2.24) is 4.98 Å². The first-order chi connectivity index (χ1) is 9.24. The third-order valence-electron chi connectivity index (χ3n) is 3.10. The molecule has 0 aliphatic carbocycles. The Morgan fingerprint density at radius 1 is 1.32 bits per heavy atom. The van der Waals surface area contributed by atoms with Crippen LogP contribution in [0.15, 0.2) is 41.0 Å². The third-order valence-corrected chi connectivity index (χ3v) is 3.68. The van der Waals surface area contributed by atoms with E-state index in [1.165, 1.54) is 5.56 Å². The lowest BCUT2D eigenvalue weighted by Gasteiger charge is -2.22. The molecule has 1 aromatic heterocycles. The Bertz CT molecular complexity index is 603. The number of nitrogen functional groups attached to an aromatic ring is 1. The van der Waals surface area contributed by atoms with Gasteiger partial charge in [-0.3, -0.25) is 0 Å². The number of anilines is 2. The molecule has 0 fully saturated rings. The molecule has 3 rings (SSSR count). The molecule has 1 aromatic carbocycles. The lowest BCUT2D eigenvalue weighted by Crippen LogP contribution is -2.26. The molecular weight excluding hydrogens is 306 g/mol. The van der Waals surface area contributed by atoms with Gasteiger partial charge in [-0.25, -0.2) is 4.98 Å². The maximum Gasteiger partial charge on any atom is 0.143 e. The Balaban J connectivity index is 1.94. The van der Waals surface area contributed by atoms with Crippen LogP contribution in [0.2, 0.25) is 0 Å². The fourth-order valence-electron chi connectivity index (χ4n) is 2.18. The van der Waals surface area contributed by atoms with Crippen molar-refractivity contribution in [2.75, 3.05) is 23.8 Å². The molecule has 0 unspecified atom stereocenters. The van der Waals surface area contributed by atoms with E-state index >= 15 is 0 Å². The van der Waals surface area contributed by atoms with Crippen molar-refractivity contribution >= 4 is 27.4 Å². The van der Waals surface area contributed by atoms with Gasteiger partial charge in [-0.1, -0.05) is 18.2 Å². The second kappa shape index (κ2) is 5.09. The number of hydrogen-bond donors (Lipinski definition) is 1. The highest BCUT2D eigenvalue weighted by molar-refractivity contribution is 9.10. The smallest absolute Gasteiger partial charge is 0.143 e. The van der Waals surface area contributed by atoms with Crippen molar-refractivity contribution in [1.29, 1.82) is 0 Å². The predicted octanol–water partition coefficient (Wildman–Crippen LogP) is 2.83. The number of benzene rings is 1. The summed E-state index contributed by atoms with van der Waals surface area (Å²) < 4.78 is 6.66. The fraction of sp³-hybridized carbons (Fsp3) is 0.214. The number of nitrogens with two attached hydrogens (primary N) is 1. The maximum atomic E-state index is 5.75. The van der Waals surface area contributed by atoms with E-state index in [2.05, 4.69) is 31.9 Å². The van der Waals surface area contributed by atoms with Crippen LogP contribution in [0.25, 0.3) is 0 Å². The Hall–Kier alpha value is -1.75. The molecule has 1 aliphatic heterocycles. The van der Waals surface area contributed by atoms with Gasteiger partial charge in [-0.2, -0.15) is 0 Å². The summed E-state index contributed by atoms with van der Waals surface area (Å²) in [6.07, 6.45) is 1.68. The fourth-order valence-corrected chi connectivity index (χ4v) is 2.80. The lowest BCUT2D eigenvalue weighted by molar-refractivity contribution is 0.331. The largest absolute Gasteiger partial charge is 0.491 e. The van der Waals surface area contributed by atoms with Crippen LogP contribution in [-0.2, 0) is 6.54 Å². The van der Waals surface area contributed by atoms with Crippen LogP contribution in [0.1, 0.15) is 5.56 Å². The molecule has 0 radical (unpaired) electrons. The number of halogens is 1. The van der Waals surface area contributed by atoms with Crippen molar-refractivity contribution in [3.8, 4) is 5.75 Å². The zero-order chi connectivity index (χ0) is 13.2. The molecule has 2 heterocycles. The van der Waals surface area contributed by atoms with Gasteiger partial charge in [-0.05, 0) is 28.1 Å². The first-order valence-electron chi connectivity index (χ1n) is 6.11. The summed E-state index contributed by atoms with van der Waals surface area (Å²) in [5.41, 5.74) is 7.56. The number of hydrogen-bond acceptors (Lipinski definition) is 4. The normalized spacial score (nSPS) is 14.5. The summed E-state index contributed by atoms with van der Waals surface area (Å²) in [4.78, 5) is 6.60. The molecule has 0 atom stereocenters. The SMILES string of the molecule is Nc1cnc(N2CCOc3ccccc3C2)c(Br)c1. The number of rotatable bonds is 1. The summed E-state index contributed by atoms with van der Waals surface area (Å²) >= 11 is 3.52. The topological polar surface area (TPSA) is 51.4 Å². The second-order valence-corrected chi connectivity index (χ2v) is 5.31. The monoisotopic (exact) mass is 319 g/mol. The van der Waals surface area contributed by atoms with Gasteiger partial charge in [0.2, 0.25) is 0 Å². The highest BCUT2D eigenvalue weighted by atomic mass is 79.9. The molecule has 5 heteroatoms. The summed E-state index contributed by atoms with van der Waals surface area (Å²) in [7, 11) is 0. The zero-order valence-electron chi connectivity index (χ0n) is 10.3. The van der Waals surface area contributed by atoms with Crippen molar-refractivity contribution in [2.45, 2.75) is 6.54 Å². The quantitative estimate of drug-likeness (QED) is 0.878. The average molecular weight is 320 g/mol. The van der Waals surface area contributed by atoms with Crippen molar-refractivity contribution < 1.29 is 4.74 Å². The van der Waals surface area contributed by atoms with E-state index in [1.54, 1.807) is 6.20 Å². The number of ether oxygens (including phenoxy) is 1. The summed E-state index contributed by atoms with van der Waals surface area (Å²) in [5, 5.41) is 0. The Kier molecular flexibility index (Phi) is 3.29. The third kappa shape index (κ3) is 2.51. The van der Waals surface area contributed by atoms with Crippen molar-refractivity contribution in [2.24, 2.45) is 0 Å². The van der Waals surface area contributed by atoms with Crippen LogP contribution in [0.5, 0.6) is 5.75 Å². The average Bonchev–Trinajstić information content (AvgIpc) is 2.60. The minimum Gasteiger partial charge on any atom is -0.491 e. The van der Waals surface area contributed by atoms with Gasteiger partial charge in [0.05, 0.1) is 22.9 Å². The number of para-hydroxylation sites is 1. The molecule has 0 saturated heterocycles. The number of nitrogens with zero attached hydrogens (tertiary/aromatic N) is 2. The van der Waals surface area contributed by atoms with E-state index in [0.717, 1.165) is 29.1 Å². The molecular formula is C14H14BrN3O. The van der Waals surface area contributed by atoms with E-state index in [0.29, 0.717) is 12.3 Å². The Morgan fingerprint density at radius 3 is 3.00 bits per heavy atom. The van der Waals surface area contributed by atoms with E-state index in [1.807, 2.05) is 24.3 Å². The van der Waals surface area contributed by atoms with Gasteiger partial charge in [-0.15, -0.1) is 0 Å². The standard InChI is InChI=1S/C14H14BrN3O/c15-12-7-11(16)8-17-14(12)18-5-6-19-13-4-2-1-3-10(13)9-18/h1-4,7-8H,5-6,9,16H2. The zero-order valence-corrected chi connectivity index (χ0v) is 11.9. The highest BCUT2D eigenvalue weighted by Gasteiger charge is 2.18. The molecule has 4 nitrogen and oxygen atoms in total. The van der Waals surface area contributed by atoms with Gasteiger partial charge in [0.1, 0.15) is 18.2 Å². The molecule has 0 saturated carbocycles. The predicted molar refractivity (Wildman–Crippen MR) is 79.3 cm³/mol. The highest BCUT2D eigenvalue weighted by Crippen LogP contribution is 2.30. The van der Waals surface area contributed by atoms with Crippen LogP contribution in [0, 0.1) is 0 Å². The number of fused-ring (bicyclic) bond motifs is 1. The molecule has 0 spiro atoms. The van der Waals surface area contributed by atoms with E-state index in [9.17, 15) is 0 Å². The van der Waals surface area contributed by atoms with Crippen LogP contribution >= 0.6 is 15.9 Å². The summed E-state index contributed by atoms with van der Waals surface area (Å²) in [6.45, 7) is 2.23. The minimum absolute atomic E-state index is 0.648. The summed E-state index contributed by atoms with van der Waals surface area (Å²) in [5.74, 6) is 1.85. The van der Waals surface area contributed by atoms with E-state index in [-0.39, 0.29) is 0 Å². The van der Waals surface area contributed by atoms with E-state index < -0.39 is 0 Å². The van der Waals surface area contributed by atoms with Gasteiger partial charge in [0.25, 0.3) is 0 Å². The molecule has 2 N–H and O–H groups in total. The first kappa shape index (κ1) is 12.3. The first-order valence-corrected chi connectivity index (χ1v) is 6.90. The Morgan fingerprint density at radius 2 is 2.16 bits per heavy atom. The minimum atomic E-state index is 0.648. The lowest BCUT2D eigenvalue weighted by atomic mass is 10.2. The van der Waals surface area contributed by atoms with E-state index in [4.69, 9.17) is 10.5 Å². The molecule has 1 aliphatic rings. The molecule has 98 valence electrons. The molecule has 2 aromatic rings. The molecule has 19 heavy (non-hydrogen) atoms.